The Morgan fingerprint density at radius 1 is 1.10 bits per heavy atom. The van der Waals surface area contributed by atoms with Gasteiger partial charge in [-0.05, 0) is 42.8 Å². The number of nitrogens with one attached hydrogen (secondary N) is 1. The molecule has 0 saturated carbocycles. The Hall–Kier alpha value is -3.81. The van der Waals surface area contributed by atoms with Gasteiger partial charge in [0, 0.05) is 25.4 Å². The second-order valence-electron chi connectivity index (χ2n) is 6.68. The van der Waals surface area contributed by atoms with E-state index in [4.69, 9.17) is 4.52 Å². The van der Waals surface area contributed by atoms with E-state index in [2.05, 4.69) is 20.6 Å². The van der Waals surface area contributed by atoms with Crippen LogP contribution in [0.1, 0.15) is 18.4 Å². The number of allylic oxidation sites excluding steroid dienone is 1. The summed E-state index contributed by atoms with van der Waals surface area (Å²) in [6, 6.07) is 13.2. The van der Waals surface area contributed by atoms with Crippen molar-refractivity contribution >= 4 is 11.4 Å². The topological polar surface area (TPSA) is 68.8 Å². The molecule has 0 bridgehead atoms. The summed E-state index contributed by atoms with van der Waals surface area (Å²) in [5.41, 5.74) is 3.36. The number of aromatic nitrogens is 4. The molecule has 2 heterocycles. The zero-order chi connectivity index (χ0) is 21.3. The SMILES string of the molecule is CC=C(Nc1ccc(-c2cc(-c3noc(C)n3)nn2C)cc1)c1c(F)cccc1F. The van der Waals surface area contributed by atoms with E-state index in [9.17, 15) is 8.78 Å². The molecule has 2 aromatic carbocycles. The van der Waals surface area contributed by atoms with E-state index in [0.29, 0.717) is 28.8 Å². The summed E-state index contributed by atoms with van der Waals surface area (Å²) in [6.45, 7) is 3.44. The molecule has 2 aromatic heterocycles. The average Bonchev–Trinajstić information content (AvgIpc) is 3.33. The van der Waals surface area contributed by atoms with Gasteiger partial charge in [-0.1, -0.05) is 29.4 Å². The smallest absolute Gasteiger partial charge is 0.223 e. The first-order valence-corrected chi connectivity index (χ1v) is 9.29. The summed E-state index contributed by atoms with van der Waals surface area (Å²) >= 11 is 0. The minimum absolute atomic E-state index is 0.0873. The van der Waals surface area contributed by atoms with Crippen LogP contribution in [0.3, 0.4) is 0 Å². The Kier molecular flexibility index (Phi) is 5.14. The van der Waals surface area contributed by atoms with Gasteiger partial charge in [-0.2, -0.15) is 10.1 Å². The number of halogens is 2. The molecule has 4 aromatic rings. The lowest BCUT2D eigenvalue weighted by Crippen LogP contribution is -2.03. The minimum Gasteiger partial charge on any atom is -0.355 e. The Labute approximate surface area is 171 Å². The van der Waals surface area contributed by atoms with Crippen LogP contribution in [0.2, 0.25) is 0 Å². The van der Waals surface area contributed by atoms with E-state index in [1.807, 2.05) is 37.4 Å². The average molecular weight is 407 g/mol. The van der Waals surface area contributed by atoms with Gasteiger partial charge in [-0.3, -0.25) is 4.68 Å². The first-order chi connectivity index (χ1) is 14.5. The van der Waals surface area contributed by atoms with Crippen molar-refractivity contribution in [3.63, 3.8) is 0 Å². The fraction of sp³-hybridized carbons (Fsp3) is 0.136. The van der Waals surface area contributed by atoms with Gasteiger partial charge in [0.1, 0.15) is 17.3 Å². The molecule has 6 nitrogen and oxygen atoms in total. The molecule has 0 unspecified atom stereocenters. The van der Waals surface area contributed by atoms with Crippen LogP contribution in [0.25, 0.3) is 28.5 Å². The van der Waals surface area contributed by atoms with Crippen molar-refractivity contribution < 1.29 is 13.3 Å². The lowest BCUT2D eigenvalue weighted by molar-refractivity contribution is 0.394. The standard InChI is InChI=1S/C22H19F2N5O/c1-4-18(21-16(23)6-5-7-17(21)24)26-15-10-8-14(9-11-15)20-12-19(27-29(20)3)22-25-13(2)30-28-22/h4-12,26H,1-3H3. The Balaban J connectivity index is 1.58. The molecular weight excluding hydrogens is 388 g/mol. The van der Waals surface area contributed by atoms with Crippen molar-refractivity contribution in [2.24, 2.45) is 7.05 Å². The second kappa shape index (κ2) is 7.90. The first kappa shape index (κ1) is 19.5. The van der Waals surface area contributed by atoms with Gasteiger partial charge in [0.05, 0.1) is 11.3 Å². The van der Waals surface area contributed by atoms with E-state index >= 15 is 0 Å². The third kappa shape index (κ3) is 3.71. The highest BCUT2D eigenvalue weighted by Gasteiger charge is 2.15. The third-order valence-corrected chi connectivity index (χ3v) is 4.62. The molecule has 0 aliphatic carbocycles. The van der Waals surface area contributed by atoms with Crippen LogP contribution in [0, 0.1) is 18.6 Å². The van der Waals surface area contributed by atoms with Crippen molar-refractivity contribution in [2.75, 3.05) is 5.32 Å². The highest BCUT2D eigenvalue weighted by atomic mass is 19.1. The van der Waals surface area contributed by atoms with E-state index < -0.39 is 11.6 Å². The molecule has 0 spiro atoms. The van der Waals surface area contributed by atoms with Crippen LogP contribution < -0.4 is 5.32 Å². The fourth-order valence-corrected chi connectivity index (χ4v) is 3.16. The van der Waals surface area contributed by atoms with Gasteiger partial charge in [0.15, 0.2) is 0 Å². The molecule has 4 rings (SSSR count). The molecule has 8 heteroatoms. The quantitative estimate of drug-likeness (QED) is 0.493. The summed E-state index contributed by atoms with van der Waals surface area (Å²) in [6.07, 6.45) is 1.63. The van der Waals surface area contributed by atoms with E-state index in [0.717, 1.165) is 11.3 Å². The maximum atomic E-state index is 14.1. The summed E-state index contributed by atoms with van der Waals surface area (Å²) in [7, 11) is 1.83. The second-order valence-corrected chi connectivity index (χ2v) is 6.68. The monoisotopic (exact) mass is 407 g/mol. The van der Waals surface area contributed by atoms with E-state index in [1.54, 1.807) is 24.6 Å². The number of hydrogen-bond acceptors (Lipinski definition) is 5. The predicted molar refractivity (Wildman–Crippen MR) is 110 cm³/mol. The fourth-order valence-electron chi connectivity index (χ4n) is 3.16. The van der Waals surface area contributed by atoms with Gasteiger partial charge in [0.2, 0.25) is 11.7 Å². The van der Waals surface area contributed by atoms with Gasteiger partial charge in [0.25, 0.3) is 0 Å². The summed E-state index contributed by atoms with van der Waals surface area (Å²) in [5.74, 6) is -0.339. The summed E-state index contributed by atoms with van der Waals surface area (Å²) < 4.78 is 35.0. The number of aryl methyl sites for hydroxylation is 2. The zero-order valence-electron chi connectivity index (χ0n) is 16.6. The molecule has 152 valence electrons. The molecule has 0 radical (unpaired) electrons. The van der Waals surface area contributed by atoms with Gasteiger partial charge >= 0.3 is 0 Å². The molecule has 0 saturated heterocycles. The molecule has 0 amide bonds. The molecule has 0 atom stereocenters. The van der Waals surface area contributed by atoms with Crippen LogP contribution in [0.4, 0.5) is 14.5 Å². The number of hydrogen-bond donors (Lipinski definition) is 1. The molecule has 1 N–H and O–H groups in total. The van der Waals surface area contributed by atoms with Crippen LogP contribution in [0.5, 0.6) is 0 Å². The maximum Gasteiger partial charge on any atom is 0.223 e. The normalized spacial score (nSPS) is 11.7. The van der Waals surface area contributed by atoms with Crippen LogP contribution in [-0.4, -0.2) is 19.9 Å². The molecule has 30 heavy (non-hydrogen) atoms. The number of rotatable bonds is 5. The number of nitrogens with zero attached hydrogens (tertiary/aromatic N) is 4. The van der Waals surface area contributed by atoms with Crippen molar-refractivity contribution in [2.45, 2.75) is 13.8 Å². The van der Waals surface area contributed by atoms with Gasteiger partial charge in [-0.25, -0.2) is 8.78 Å². The summed E-state index contributed by atoms with van der Waals surface area (Å²) in [4.78, 5) is 4.20. The predicted octanol–water partition coefficient (Wildman–Crippen LogP) is 5.20. The van der Waals surface area contributed by atoms with Gasteiger partial charge in [-0.15, -0.1) is 0 Å². The Bertz CT molecular complexity index is 1200. The lowest BCUT2D eigenvalue weighted by atomic mass is 10.1. The Morgan fingerprint density at radius 3 is 2.40 bits per heavy atom. The first-order valence-electron chi connectivity index (χ1n) is 9.29. The molecule has 0 fully saturated rings. The lowest BCUT2D eigenvalue weighted by Gasteiger charge is -2.13. The van der Waals surface area contributed by atoms with E-state index in [-0.39, 0.29) is 5.56 Å². The molecular formula is C22H19F2N5O. The van der Waals surface area contributed by atoms with Crippen molar-refractivity contribution in [3.05, 3.63) is 77.7 Å². The van der Waals surface area contributed by atoms with Gasteiger partial charge < -0.3 is 9.84 Å². The highest BCUT2D eigenvalue weighted by Crippen LogP contribution is 2.28. The number of anilines is 1. The van der Waals surface area contributed by atoms with Crippen molar-refractivity contribution in [3.8, 4) is 22.8 Å². The van der Waals surface area contributed by atoms with Crippen molar-refractivity contribution in [1.82, 2.24) is 19.9 Å². The zero-order valence-corrected chi connectivity index (χ0v) is 16.6. The van der Waals surface area contributed by atoms with Crippen LogP contribution in [0.15, 0.2) is 59.1 Å². The van der Waals surface area contributed by atoms with Crippen LogP contribution in [-0.2, 0) is 7.05 Å². The molecule has 0 aliphatic rings. The minimum atomic E-state index is -0.619. The largest absolute Gasteiger partial charge is 0.355 e. The van der Waals surface area contributed by atoms with Crippen LogP contribution >= 0.6 is 0 Å². The summed E-state index contributed by atoms with van der Waals surface area (Å²) in [5, 5.41) is 11.4. The maximum absolute atomic E-state index is 14.1. The van der Waals surface area contributed by atoms with Crippen molar-refractivity contribution in [1.29, 1.82) is 0 Å². The molecule has 0 aliphatic heterocycles. The highest BCUT2D eigenvalue weighted by molar-refractivity contribution is 5.78. The van der Waals surface area contributed by atoms with E-state index in [1.165, 1.54) is 18.2 Å². The number of benzene rings is 2. The Morgan fingerprint density at radius 2 is 1.80 bits per heavy atom. The third-order valence-electron chi connectivity index (χ3n) is 4.62.